The average molecular weight is 362 g/mol. The number of amidine groups is 1. The summed E-state index contributed by atoms with van der Waals surface area (Å²) in [6.07, 6.45) is 1.60. The summed E-state index contributed by atoms with van der Waals surface area (Å²) >= 11 is 10.4. The number of phenols is 1. The molecule has 1 aliphatic rings. The summed E-state index contributed by atoms with van der Waals surface area (Å²) in [5.41, 5.74) is 0.487. The van der Waals surface area contributed by atoms with Crippen molar-refractivity contribution in [1.82, 2.24) is 4.90 Å². The van der Waals surface area contributed by atoms with Crippen LogP contribution < -0.4 is 0 Å². The van der Waals surface area contributed by atoms with E-state index in [4.69, 9.17) is 11.6 Å². The highest BCUT2D eigenvalue weighted by molar-refractivity contribution is 9.10. The second-order valence-electron chi connectivity index (χ2n) is 3.81. The molecular formula is C12H10BrClN2O2S. The molecule has 19 heavy (non-hydrogen) atoms. The van der Waals surface area contributed by atoms with E-state index in [1.165, 1.54) is 16.7 Å². The molecule has 0 atom stereocenters. The summed E-state index contributed by atoms with van der Waals surface area (Å²) in [5.74, 6) is -0.198. The fourth-order valence-corrected chi connectivity index (χ4v) is 3.34. The van der Waals surface area contributed by atoms with Crippen molar-refractivity contribution in [3.05, 3.63) is 32.1 Å². The van der Waals surface area contributed by atoms with E-state index in [-0.39, 0.29) is 16.7 Å². The van der Waals surface area contributed by atoms with Gasteiger partial charge in [0.1, 0.15) is 5.75 Å². The van der Waals surface area contributed by atoms with E-state index in [9.17, 15) is 9.90 Å². The Labute approximate surface area is 128 Å². The molecule has 0 saturated carbocycles. The first-order valence-corrected chi connectivity index (χ1v) is 7.25. The topological polar surface area (TPSA) is 52.9 Å². The fourth-order valence-electron chi connectivity index (χ4n) is 1.59. The maximum Gasteiger partial charge on any atom is 0.266 e. The summed E-state index contributed by atoms with van der Waals surface area (Å²) in [5, 5.41) is 10.7. The van der Waals surface area contributed by atoms with Crippen molar-refractivity contribution in [3.63, 3.8) is 0 Å². The molecule has 2 rings (SSSR count). The zero-order valence-electron chi connectivity index (χ0n) is 10.1. The van der Waals surface area contributed by atoms with E-state index in [1.54, 1.807) is 32.3 Å². The van der Waals surface area contributed by atoms with Crippen molar-refractivity contribution >= 4 is 56.4 Å². The molecular weight excluding hydrogens is 352 g/mol. The molecule has 1 amide bonds. The van der Waals surface area contributed by atoms with Crippen molar-refractivity contribution in [2.45, 2.75) is 0 Å². The SMILES string of the molecule is CN=C1SC(=Cc2cc(Br)cc(Cl)c2O)C(=O)N1C. The Morgan fingerprint density at radius 3 is 2.79 bits per heavy atom. The number of carbonyl (C=O) groups is 1. The van der Waals surface area contributed by atoms with E-state index < -0.39 is 0 Å². The monoisotopic (exact) mass is 360 g/mol. The third-order valence-electron chi connectivity index (χ3n) is 2.54. The molecule has 0 unspecified atom stereocenters. The lowest BCUT2D eigenvalue weighted by Crippen LogP contribution is -2.23. The number of benzene rings is 1. The third-order valence-corrected chi connectivity index (χ3v) is 4.44. The number of phenolic OH excluding ortho intramolecular Hbond substituents is 1. The molecule has 1 aromatic rings. The average Bonchev–Trinajstić information content (AvgIpc) is 2.63. The molecule has 1 saturated heterocycles. The van der Waals surface area contributed by atoms with Crippen LogP contribution in [0.25, 0.3) is 6.08 Å². The number of likely N-dealkylation sites (N-methyl/N-ethyl adjacent to an activating group) is 1. The second kappa shape index (κ2) is 5.56. The van der Waals surface area contributed by atoms with Gasteiger partial charge >= 0.3 is 0 Å². The van der Waals surface area contributed by atoms with Crippen LogP contribution in [0.15, 0.2) is 26.5 Å². The van der Waals surface area contributed by atoms with Gasteiger partial charge in [0.25, 0.3) is 5.91 Å². The molecule has 1 fully saturated rings. The quantitative estimate of drug-likeness (QED) is 0.781. The number of hydrogen-bond acceptors (Lipinski definition) is 4. The van der Waals surface area contributed by atoms with Crippen LogP contribution in [0.1, 0.15) is 5.56 Å². The molecule has 1 aliphatic heterocycles. The van der Waals surface area contributed by atoms with Gasteiger partial charge in [-0.05, 0) is 30.0 Å². The van der Waals surface area contributed by atoms with E-state index in [1.807, 2.05) is 0 Å². The molecule has 1 heterocycles. The van der Waals surface area contributed by atoms with Crippen molar-refractivity contribution in [2.75, 3.05) is 14.1 Å². The van der Waals surface area contributed by atoms with Gasteiger partial charge in [0.2, 0.25) is 0 Å². The number of carbonyl (C=O) groups excluding carboxylic acids is 1. The maximum atomic E-state index is 12.0. The van der Waals surface area contributed by atoms with Gasteiger partial charge in [-0.25, -0.2) is 0 Å². The molecule has 0 spiro atoms. The van der Waals surface area contributed by atoms with Gasteiger partial charge in [-0.1, -0.05) is 27.5 Å². The van der Waals surface area contributed by atoms with Gasteiger partial charge in [-0.3, -0.25) is 14.7 Å². The Morgan fingerprint density at radius 2 is 2.21 bits per heavy atom. The van der Waals surface area contributed by atoms with Crippen molar-refractivity contribution in [3.8, 4) is 5.75 Å². The lowest BCUT2D eigenvalue weighted by molar-refractivity contribution is -0.121. The van der Waals surface area contributed by atoms with Gasteiger partial charge in [-0.15, -0.1) is 0 Å². The summed E-state index contributed by atoms with van der Waals surface area (Å²) in [6.45, 7) is 0. The van der Waals surface area contributed by atoms with Crippen molar-refractivity contribution in [2.24, 2.45) is 4.99 Å². The summed E-state index contributed by atoms with van der Waals surface area (Å²) in [6, 6.07) is 3.29. The van der Waals surface area contributed by atoms with Crippen LogP contribution in [0, 0.1) is 0 Å². The Kier molecular flexibility index (Phi) is 4.23. The minimum absolute atomic E-state index is 0.0460. The van der Waals surface area contributed by atoms with E-state index in [0.717, 1.165) is 4.47 Å². The second-order valence-corrected chi connectivity index (χ2v) is 6.14. The number of hydrogen-bond donors (Lipinski definition) is 1. The number of thioether (sulfide) groups is 1. The highest BCUT2D eigenvalue weighted by atomic mass is 79.9. The van der Waals surface area contributed by atoms with Crippen LogP contribution >= 0.6 is 39.3 Å². The first-order chi connectivity index (χ1) is 8.93. The number of halogens is 2. The molecule has 0 aromatic heterocycles. The number of aliphatic imine (C=N–C) groups is 1. The van der Waals surface area contributed by atoms with Crippen LogP contribution in [0.4, 0.5) is 0 Å². The minimum atomic E-state index is -0.152. The Hall–Kier alpha value is -0.980. The summed E-state index contributed by atoms with van der Waals surface area (Å²) < 4.78 is 0.732. The Bertz CT molecular complexity index is 616. The van der Waals surface area contributed by atoms with Crippen LogP contribution in [0.5, 0.6) is 5.75 Å². The Morgan fingerprint density at radius 1 is 1.53 bits per heavy atom. The number of aromatic hydroxyl groups is 1. The lowest BCUT2D eigenvalue weighted by Gasteiger charge is -2.05. The molecule has 100 valence electrons. The van der Waals surface area contributed by atoms with Crippen LogP contribution in [-0.4, -0.2) is 35.2 Å². The van der Waals surface area contributed by atoms with Gasteiger partial charge in [0.05, 0.1) is 9.93 Å². The number of nitrogens with zero attached hydrogens (tertiary/aromatic N) is 2. The highest BCUT2D eigenvalue weighted by Gasteiger charge is 2.30. The van der Waals surface area contributed by atoms with Crippen molar-refractivity contribution in [1.29, 1.82) is 0 Å². The van der Waals surface area contributed by atoms with E-state index in [2.05, 4.69) is 20.9 Å². The summed E-state index contributed by atoms with van der Waals surface area (Å²) in [4.78, 5) is 18.0. The molecule has 4 nitrogen and oxygen atoms in total. The van der Waals surface area contributed by atoms with E-state index in [0.29, 0.717) is 15.6 Å². The maximum absolute atomic E-state index is 12.0. The number of amides is 1. The standard InChI is InChI=1S/C12H10BrClN2O2S/c1-15-12-16(2)11(18)9(19-12)4-6-3-7(13)5-8(14)10(6)17/h3-5,17H,1-2H3. The minimum Gasteiger partial charge on any atom is -0.506 e. The van der Waals surface area contributed by atoms with Crippen molar-refractivity contribution < 1.29 is 9.90 Å². The molecule has 1 N–H and O–H groups in total. The van der Waals surface area contributed by atoms with E-state index >= 15 is 0 Å². The molecule has 0 radical (unpaired) electrons. The smallest absolute Gasteiger partial charge is 0.266 e. The van der Waals surface area contributed by atoms with Gasteiger partial charge in [0, 0.05) is 24.1 Å². The zero-order chi connectivity index (χ0) is 14.2. The van der Waals surface area contributed by atoms with Gasteiger partial charge < -0.3 is 5.11 Å². The number of rotatable bonds is 1. The molecule has 0 bridgehead atoms. The molecule has 7 heteroatoms. The predicted octanol–water partition coefficient (Wildman–Crippen LogP) is 3.34. The summed E-state index contributed by atoms with van der Waals surface area (Å²) in [7, 11) is 3.29. The first kappa shape index (κ1) is 14.4. The molecule has 0 aliphatic carbocycles. The van der Waals surface area contributed by atoms with Crippen LogP contribution in [0.3, 0.4) is 0 Å². The van der Waals surface area contributed by atoms with Crippen LogP contribution in [-0.2, 0) is 4.79 Å². The largest absolute Gasteiger partial charge is 0.506 e. The zero-order valence-corrected chi connectivity index (χ0v) is 13.3. The highest BCUT2D eigenvalue weighted by Crippen LogP contribution is 2.36. The Balaban J connectivity index is 2.46. The van der Waals surface area contributed by atoms with Gasteiger partial charge in [0.15, 0.2) is 5.17 Å². The third kappa shape index (κ3) is 2.80. The normalized spacial score (nSPS) is 19.8. The molecule has 1 aromatic carbocycles. The first-order valence-electron chi connectivity index (χ1n) is 5.26. The lowest BCUT2D eigenvalue weighted by atomic mass is 10.2. The predicted molar refractivity (Wildman–Crippen MR) is 82.5 cm³/mol. The van der Waals surface area contributed by atoms with Crippen LogP contribution in [0.2, 0.25) is 5.02 Å². The van der Waals surface area contributed by atoms with Gasteiger partial charge in [-0.2, -0.15) is 0 Å². The fraction of sp³-hybridized carbons (Fsp3) is 0.167.